The van der Waals surface area contributed by atoms with E-state index in [1.165, 1.54) is 11.3 Å². The molecule has 1 unspecified atom stereocenters. The van der Waals surface area contributed by atoms with Crippen LogP contribution in [0.25, 0.3) is 16.3 Å². The maximum Gasteiger partial charge on any atom is 0.328 e. The fourth-order valence-corrected chi connectivity index (χ4v) is 4.43. The lowest BCUT2D eigenvalue weighted by molar-refractivity contribution is -0.144. The molecule has 0 radical (unpaired) electrons. The summed E-state index contributed by atoms with van der Waals surface area (Å²) in [5.41, 5.74) is 1.98. The third kappa shape index (κ3) is 3.92. The zero-order valence-corrected chi connectivity index (χ0v) is 17.6. The van der Waals surface area contributed by atoms with Crippen LogP contribution in [0.2, 0.25) is 5.02 Å². The van der Waals surface area contributed by atoms with Crippen molar-refractivity contribution in [2.75, 3.05) is 13.2 Å². The number of amides is 2. The smallest absolute Gasteiger partial charge is 0.328 e. The Bertz CT molecular complexity index is 1060. The number of hydrogen-bond acceptors (Lipinski definition) is 6. The summed E-state index contributed by atoms with van der Waals surface area (Å²) in [6.45, 7) is 4.63. The van der Waals surface area contributed by atoms with Gasteiger partial charge in [0.1, 0.15) is 6.04 Å². The standard InChI is InChI=1S/C19H20ClN5O3S/c1-3-28-17(26)11(2)21-18(27)24-9-8-14-15(10-24)29-19-22-16(23-25(14)19)12-4-6-13(20)7-5-12/h4-7,11H,3,8-10H2,1-2H3,(H,21,27). The molecule has 4 rings (SSSR count). The average Bonchev–Trinajstić information content (AvgIpc) is 3.26. The number of halogens is 1. The predicted octanol–water partition coefficient (Wildman–Crippen LogP) is 3.13. The SMILES string of the molecule is CCOC(=O)C(C)NC(=O)N1CCc2c(sc3nc(-c4ccc(Cl)cc4)nn23)C1. The van der Waals surface area contributed by atoms with Gasteiger partial charge in [-0.05, 0) is 38.1 Å². The molecule has 0 saturated heterocycles. The van der Waals surface area contributed by atoms with Crippen LogP contribution in [-0.2, 0) is 22.5 Å². The summed E-state index contributed by atoms with van der Waals surface area (Å²) in [6, 6.07) is 6.45. The number of esters is 1. The van der Waals surface area contributed by atoms with E-state index in [0.717, 1.165) is 21.1 Å². The minimum atomic E-state index is -0.687. The first-order valence-corrected chi connectivity index (χ1v) is 10.5. The lowest BCUT2D eigenvalue weighted by Crippen LogP contribution is -2.48. The van der Waals surface area contributed by atoms with Gasteiger partial charge in [-0.2, -0.15) is 4.98 Å². The first kappa shape index (κ1) is 19.7. The van der Waals surface area contributed by atoms with E-state index in [-0.39, 0.29) is 12.6 Å². The van der Waals surface area contributed by atoms with Gasteiger partial charge in [0, 0.05) is 28.4 Å². The number of urea groups is 1. The summed E-state index contributed by atoms with van der Waals surface area (Å²) in [5, 5.41) is 8.01. The number of nitrogens with one attached hydrogen (secondary N) is 1. The summed E-state index contributed by atoms with van der Waals surface area (Å²) < 4.78 is 6.80. The van der Waals surface area contributed by atoms with Gasteiger partial charge in [0.2, 0.25) is 4.96 Å². The lowest BCUT2D eigenvalue weighted by atomic mass is 10.2. The van der Waals surface area contributed by atoms with Gasteiger partial charge < -0.3 is 15.0 Å². The van der Waals surface area contributed by atoms with E-state index in [1.807, 2.05) is 28.8 Å². The Morgan fingerprint density at radius 2 is 2.10 bits per heavy atom. The Balaban J connectivity index is 1.49. The molecular formula is C19H20ClN5O3S. The molecule has 2 aromatic heterocycles. The minimum Gasteiger partial charge on any atom is -0.464 e. The highest BCUT2D eigenvalue weighted by Crippen LogP contribution is 2.29. The van der Waals surface area contributed by atoms with Crippen molar-refractivity contribution in [1.82, 2.24) is 24.8 Å². The minimum absolute atomic E-state index is 0.281. The first-order chi connectivity index (χ1) is 14.0. The van der Waals surface area contributed by atoms with Crippen molar-refractivity contribution in [3.8, 4) is 11.4 Å². The van der Waals surface area contributed by atoms with Crippen molar-refractivity contribution in [2.45, 2.75) is 32.9 Å². The molecule has 1 aliphatic heterocycles. The molecule has 1 aromatic carbocycles. The van der Waals surface area contributed by atoms with Crippen LogP contribution in [0.15, 0.2) is 24.3 Å². The van der Waals surface area contributed by atoms with Gasteiger partial charge >= 0.3 is 12.0 Å². The molecule has 1 aliphatic rings. The first-order valence-electron chi connectivity index (χ1n) is 9.31. The summed E-state index contributed by atoms with van der Waals surface area (Å²) in [6.07, 6.45) is 0.667. The maximum atomic E-state index is 12.5. The molecule has 0 fully saturated rings. The number of fused-ring (bicyclic) bond motifs is 3. The number of carbonyl (C=O) groups is 2. The van der Waals surface area contributed by atoms with Crippen LogP contribution in [0.1, 0.15) is 24.4 Å². The summed E-state index contributed by atoms with van der Waals surface area (Å²) >= 11 is 7.47. The van der Waals surface area contributed by atoms with Gasteiger partial charge in [-0.3, -0.25) is 0 Å². The van der Waals surface area contributed by atoms with Gasteiger partial charge in [-0.25, -0.2) is 14.1 Å². The molecule has 2 amide bonds. The normalized spacial score (nSPS) is 14.5. The Kier molecular flexibility index (Phi) is 5.42. The van der Waals surface area contributed by atoms with Crippen molar-refractivity contribution in [1.29, 1.82) is 0 Å². The van der Waals surface area contributed by atoms with Gasteiger partial charge in [-0.1, -0.05) is 22.9 Å². The number of hydrogen-bond donors (Lipinski definition) is 1. The molecular weight excluding hydrogens is 414 g/mol. The second-order valence-electron chi connectivity index (χ2n) is 6.70. The van der Waals surface area contributed by atoms with E-state index in [1.54, 1.807) is 18.7 Å². The second-order valence-corrected chi connectivity index (χ2v) is 8.20. The van der Waals surface area contributed by atoms with Crippen LogP contribution in [0.3, 0.4) is 0 Å². The van der Waals surface area contributed by atoms with Crippen molar-refractivity contribution in [2.24, 2.45) is 0 Å². The Morgan fingerprint density at radius 3 is 2.83 bits per heavy atom. The fraction of sp³-hybridized carbons (Fsp3) is 0.368. The van der Waals surface area contributed by atoms with E-state index in [4.69, 9.17) is 16.3 Å². The predicted molar refractivity (Wildman–Crippen MR) is 110 cm³/mol. The Hall–Kier alpha value is -2.65. The largest absolute Gasteiger partial charge is 0.464 e. The second kappa shape index (κ2) is 8.00. The van der Waals surface area contributed by atoms with Gasteiger partial charge in [0.05, 0.1) is 18.8 Å². The van der Waals surface area contributed by atoms with Crippen LogP contribution in [-0.4, -0.2) is 50.7 Å². The van der Waals surface area contributed by atoms with E-state index in [9.17, 15) is 9.59 Å². The monoisotopic (exact) mass is 433 g/mol. The van der Waals surface area contributed by atoms with Gasteiger partial charge in [0.15, 0.2) is 5.82 Å². The zero-order valence-electron chi connectivity index (χ0n) is 16.0. The van der Waals surface area contributed by atoms with Crippen LogP contribution in [0, 0.1) is 0 Å². The molecule has 0 aliphatic carbocycles. The third-order valence-electron chi connectivity index (χ3n) is 4.69. The maximum absolute atomic E-state index is 12.5. The van der Waals surface area contributed by atoms with Crippen molar-refractivity contribution in [3.63, 3.8) is 0 Å². The highest BCUT2D eigenvalue weighted by atomic mass is 35.5. The van der Waals surface area contributed by atoms with Gasteiger partial charge in [0.25, 0.3) is 0 Å². The molecule has 0 bridgehead atoms. The summed E-state index contributed by atoms with van der Waals surface area (Å²) in [7, 11) is 0. The third-order valence-corrected chi connectivity index (χ3v) is 6.00. The molecule has 1 N–H and O–H groups in total. The molecule has 0 saturated carbocycles. The van der Waals surface area contributed by atoms with Crippen LogP contribution >= 0.6 is 22.9 Å². The zero-order chi connectivity index (χ0) is 20.5. The number of thiazole rings is 1. The average molecular weight is 434 g/mol. The van der Waals surface area contributed by atoms with Gasteiger partial charge in [-0.15, -0.1) is 5.10 Å². The highest BCUT2D eigenvalue weighted by molar-refractivity contribution is 7.17. The van der Waals surface area contributed by atoms with E-state index < -0.39 is 12.0 Å². The van der Waals surface area contributed by atoms with E-state index in [2.05, 4.69) is 15.4 Å². The number of aromatic nitrogens is 3. The van der Waals surface area contributed by atoms with E-state index in [0.29, 0.717) is 30.4 Å². The number of nitrogens with zero attached hydrogens (tertiary/aromatic N) is 4. The summed E-state index contributed by atoms with van der Waals surface area (Å²) in [4.78, 5) is 32.4. The quantitative estimate of drug-likeness (QED) is 0.638. The van der Waals surface area contributed by atoms with Crippen LogP contribution in [0.4, 0.5) is 4.79 Å². The number of ether oxygens (including phenoxy) is 1. The molecule has 8 nitrogen and oxygen atoms in total. The molecule has 29 heavy (non-hydrogen) atoms. The fourth-order valence-electron chi connectivity index (χ4n) is 3.19. The topological polar surface area (TPSA) is 88.8 Å². The molecule has 3 aromatic rings. The number of rotatable bonds is 4. The van der Waals surface area contributed by atoms with Crippen molar-refractivity contribution >= 4 is 39.9 Å². The molecule has 3 heterocycles. The Morgan fingerprint density at radius 1 is 1.34 bits per heavy atom. The number of carbonyl (C=O) groups excluding carboxylic acids is 2. The Labute approximate surface area is 176 Å². The molecule has 1 atom stereocenters. The summed E-state index contributed by atoms with van der Waals surface area (Å²) in [5.74, 6) is 0.214. The van der Waals surface area contributed by atoms with E-state index >= 15 is 0 Å². The highest BCUT2D eigenvalue weighted by Gasteiger charge is 2.28. The van der Waals surface area contributed by atoms with Crippen molar-refractivity contribution in [3.05, 3.63) is 39.9 Å². The molecule has 10 heteroatoms. The van der Waals surface area contributed by atoms with Crippen LogP contribution < -0.4 is 5.32 Å². The number of benzene rings is 1. The van der Waals surface area contributed by atoms with Crippen molar-refractivity contribution < 1.29 is 14.3 Å². The molecule has 152 valence electrons. The van der Waals surface area contributed by atoms with Crippen LogP contribution in [0.5, 0.6) is 0 Å². The lowest BCUT2D eigenvalue weighted by Gasteiger charge is -2.27. The molecule has 0 spiro atoms.